The van der Waals surface area contributed by atoms with E-state index in [2.05, 4.69) is 21.4 Å². The van der Waals surface area contributed by atoms with Crippen molar-refractivity contribution in [2.24, 2.45) is 0 Å². The van der Waals surface area contributed by atoms with Crippen molar-refractivity contribution in [2.75, 3.05) is 0 Å². The molecule has 1 N–H and O–H groups in total. The van der Waals surface area contributed by atoms with E-state index in [0.717, 1.165) is 24.5 Å². The van der Waals surface area contributed by atoms with E-state index in [1.807, 2.05) is 31.6 Å². The number of thiazole rings is 1. The molecule has 16 heavy (non-hydrogen) atoms. The molecule has 2 rings (SSSR count). The van der Waals surface area contributed by atoms with Crippen molar-refractivity contribution in [3.8, 4) is 0 Å². The van der Waals surface area contributed by atoms with Gasteiger partial charge in [0.05, 0.1) is 11.2 Å². The Hall–Kier alpha value is -1.26. The minimum absolute atomic E-state index is 0.858. The third-order valence-electron chi connectivity index (χ3n) is 2.56. The first-order valence-electron chi connectivity index (χ1n) is 5.27. The highest BCUT2D eigenvalue weighted by atomic mass is 32.1. The van der Waals surface area contributed by atoms with E-state index in [4.69, 9.17) is 0 Å². The SMILES string of the molecule is Cc1ncccc1CNCc1scnc1C. The molecule has 84 valence electrons. The van der Waals surface area contributed by atoms with Gasteiger partial charge in [-0.25, -0.2) is 4.98 Å². The molecule has 0 aliphatic rings. The lowest BCUT2D eigenvalue weighted by Crippen LogP contribution is -2.13. The molecule has 0 spiro atoms. The summed E-state index contributed by atoms with van der Waals surface area (Å²) in [5.41, 5.74) is 5.36. The fourth-order valence-electron chi connectivity index (χ4n) is 1.51. The molecule has 3 nitrogen and oxygen atoms in total. The van der Waals surface area contributed by atoms with E-state index < -0.39 is 0 Å². The van der Waals surface area contributed by atoms with E-state index in [0.29, 0.717) is 0 Å². The normalized spacial score (nSPS) is 10.6. The van der Waals surface area contributed by atoms with Crippen molar-refractivity contribution in [3.05, 3.63) is 45.7 Å². The summed E-state index contributed by atoms with van der Waals surface area (Å²) < 4.78 is 0. The maximum atomic E-state index is 4.26. The van der Waals surface area contributed by atoms with Gasteiger partial charge in [0, 0.05) is 29.9 Å². The third kappa shape index (κ3) is 2.65. The van der Waals surface area contributed by atoms with Gasteiger partial charge in [0.2, 0.25) is 0 Å². The van der Waals surface area contributed by atoms with E-state index in [1.54, 1.807) is 11.3 Å². The zero-order chi connectivity index (χ0) is 11.4. The molecule has 0 aliphatic heterocycles. The molecule has 0 amide bonds. The zero-order valence-corrected chi connectivity index (χ0v) is 10.3. The summed E-state index contributed by atoms with van der Waals surface area (Å²) in [7, 11) is 0. The van der Waals surface area contributed by atoms with Crippen molar-refractivity contribution >= 4 is 11.3 Å². The van der Waals surface area contributed by atoms with E-state index in [9.17, 15) is 0 Å². The third-order valence-corrected chi connectivity index (χ3v) is 3.50. The van der Waals surface area contributed by atoms with Crippen molar-refractivity contribution in [1.29, 1.82) is 0 Å². The van der Waals surface area contributed by atoms with E-state index >= 15 is 0 Å². The van der Waals surface area contributed by atoms with Crippen molar-refractivity contribution in [2.45, 2.75) is 26.9 Å². The molecule has 0 aromatic carbocycles. The molecule has 2 heterocycles. The molecule has 0 unspecified atom stereocenters. The average molecular weight is 233 g/mol. The summed E-state index contributed by atoms with van der Waals surface area (Å²) in [6.45, 7) is 5.82. The van der Waals surface area contributed by atoms with Gasteiger partial charge in [-0.15, -0.1) is 11.3 Å². The average Bonchev–Trinajstić information content (AvgIpc) is 2.67. The van der Waals surface area contributed by atoms with Gasteiger partial charge in [-0.1, -0.05) is 6.07 Å². The summed E-state index contributed by atoms with van der Waals surface area (Å²) in [6.07, 6.45) is 1.83. The number of hydrogen-bond donors (Lipinski definition) is 1. The maximum Gasteiger partial charge on any atom is 0.0798 e. The lowest BCUT2D eigenvalue weighted by Gasteiger charge is -2.06. The molecule has 0 fully saturated rings. The molecule has 0 aliphatic carbocycles. The van der Waals surface area contributed by atoms with Gasteiger partial charge in [0.25, 0.3) is 0 Å². The molecule has 2 aromatic rings. The predicted molar refractivity (Wildman–Crippen MR) is 66.4 cm³/mol. The lowest BCUT2D eigenvalue weighted by atomic mass is 10.2. The molecule has 0 saturated carbocycles. The quantitative estimate of drug-likeness (QED) is 0.881. The van der Waals surface area contributed by atoms with Gasteiger partial charge in [-0.2, -0.15) is 0 Å². The molecule has 0 saturated heterocycles. The second kappa shape index (κ2) is 5.18. The molecular formula is C12H15N3S. The second-order valence-electron chi connectivity index (χ2n) is 3.71. The number of nitrogens with zero attached hydrogens (tertiary/aromatic N) is 2. The van der Waals surface area contributed by atoms with Crippen molar-refractivity contribution in [1.82, 2.24) is 15.3 Å². The Labute approximate surface area is 99.6 Å². The fraction of sp³-hybridized carbons (Fsp3) is 0.333. The van der Waals surface area contributed by atoms with Crippen LogP contribution in [-0.4, -0.2) is 9.97 Å². The summed E-state index contributed by atoms with van der Waals surface area (Å²) in [5, 5.41) is 3.42. The van der Waals surface area contributed by atoms with Gasteiger partial charge >= 0.3 is 0 Å². The Morgan fingerprint density at radius 1 is 1.19 bits per heavy atom. The highest BCUT2D eigenvalue weighted by Crippen LogP contribution is 2.11. The van der Waals surface area contributed by atoms with Crippen LogP contribution in [0.15, 0.2) is 23.8 Å². The number of hydrogen-bond acceptors (Lipinski definition) is 4. The van der Waals surface area contributed by atoms with Gasteiger partial charge in [0.15, 0.2) is 0 Å². The van der Waals surface area contributed by atoms with Gasteiger partial charge in [0.1, 0.15) is 0 Å². The van der Waals surface area contributed by atoms with Gasteiger partial charge < -0.3 is 5.32 Å². The largest absolute Gasteiger partial charge is 0.308 e. The van der Waals surface area contributed by atoms with E-state index in [1.165, 1.54) is 10.4 Å². The van der Waals surface area contributed by atoms with Gasteiger partial charge in [-0.3, -0.25) is 4.98 Å². The Balaban J connectivity index is 1.89. The zero-order valence-electron chi connectivity index (χ0n) is 9.53. The van der Waals surface area contributed by atoms with Crippen LogP contribution in [0.4, 0.5) is 0 Å². The molecule has 0 bridgehead atoms. The fourth-order valence-corrected chi connectivity index (χ4v) is 2.26. The summed E-state index contributed by atoms with van der Waals surface area (Å²) in [4.78, 5) is 9.80. The number of aryl methyl sites for hydroxylation is 2. The van der Waals surface area contributed by atoms with Crippen LogP contribution in [0.3, 0.4) is 0 Å². The Bertz CT molecular complexity index is 465. The molecule has 0 radical (unpaired) electrons. The second-order valence-corrected chi connectivity index (χ2v) is 4.65. The minimum atomic E-state index is 0.858. The lowest BCUT2D eigenvalue weighted by molar-refractivity contribution is 0.691. The van der Waals surface area contributed by atoms with Crippen LogP contribution >= 0.6 is 11.3 Å². The summed E-state index contributed by atoms with van der Waals surface area (Å²) in [6, 6.07) is 4.08. The van der Waals surface area contributed by atoms with Crippen molar-refractivity contribution < 1.29 is 0 Å². The number of pyridine rings is 1. The van der Waals surface area contributed by atoms with Gasteiger partial charge in [-0.05, 0) is 25.5 Å². The van der Waals surface area contributed by atoms with Crippen LogP contribution in [0.5, 0.6) is 0 Å². The summed E-state index contributed by atoms with van der Waals surface area (Å²) in [5.74, 6) is 0. The highest BCUT2D eigenvalue weighted by molar-refractivity contribution is 7.09. The van der Waals surface area contributed by atoms with Crippen molar-refractivity contribution in [3.63, 3.8) is 0 Å². The molecule has 0 atom stereocenters. The standard InChI is InChI=1S/C12H15N3S/c1-9-11(4-3-5-14-9)6-13-7-12-10(2)15-8-16-12/h3-5,8,13H,6-7H2,1-2H3. The first-order valence-corrected chi connectivity index (χ1v) is 6.15. The van der Waals surface area contributed by atoms with Crippen LogP contribution < -0.4 is 5.32 Å². The number of aromatic nitrogens is 2. The smallest absolute Gasteiger partial charge is 0.0798 e. The molecular weight excluding hydrogens is 218 g/mol. The van der Waals surface area contributed by atoms with Crippen LogP contribution in [0.2, 0.25) is 0 Å². The van der Waals surface area contributed by atoms with Crippen LogP contribution in [0.1, 0.15) is 21.8 Å². The first kappa shape index (κ1) is 11.2. The Morgan fingerprint density at radius 3 is 2.75 bits per heavy atom. The maximum absolute atomic E-state index is 4.26. The first-order chi connectivity index (χ1) is 7.77. The number of nitrogens with one attached hydrogen (secondary N) is 1. The summed E-state index contributed by atoms with van der Waals surface area (Å²) >= 11 is 1.70. The Morgan fingerprint density at radius 2 is 2.06 bits per heavy atom. The predicted octanol–water partition coefficient (Wildman–Crippen LogP) is 2.44. The Kier molecular flexibility index (Phi) is 3.64. The van der Waals surface area contributed by atoms with E-state index in [-0.39, 0.29) is 0 Å². The monoisotopic (exact) mass is 233 g/mol. The van der Waals surface area contributed by atoms with Crippen LogP contribution in [0.25, 0.3) is 0 Å². The van der Waals surface area contributed by atoms with Crippen LogP contribution in [0, 0.1) is 13.8 Å². The highest BCUT2D eigenvalue weighted by Gasteiger charge is 2.01. The molecule has 2 aromatic heterocycles. The van der Waals surface area contributed by atoms with Crippen LogP contribution in [-0.2, 0) is 13.1 Å². The minimum Gasteiger partial charge on any atom is -0.308 e. The molecule has 4 heteroatoms. The topological polar surface area (TPSA) is 37.8 Å². The number of rotatable bonds is 4.